The Kier molecular flexibility index (Phi) is 7.15. The molecule has 2 heterocycles. The van der Waals surface area contributed by atoms with Gasteiger partial charge in [0.2, 0.25) is 0 Å². The smallest absolute Gasteiger partial charge is 0.444 e. The van der Waals surface area contributed by atoms with Crippen LogP contribution in [0, 0.1) is 6.92 Å². The van der Waals surface area contributed by atoms with Crippen LogP contribution in [0.15, 0.2) is 60.7 Å². The number of nitrogens with two attached hydrogens (primary N) is 1. The minimum Gasteiger partial charge on any atom is -0.444 e. The van der Waals surface area contributed by atoms with Crippen molar-refractivity contribution < 1.29 is 19.6 Å². The van der Waals surface area contributed by atoms with Crippen molar-refractivity contribution in [3.8, 4) is 0 Å². The lowest BCUT2D eigenvalue weighted by Crippen LogP contribution is -2.35. The summed E-state index contributed by atoms with van der Waals surface area (Å²) in [6.07, 6.45) is -0.634. The molecule has 4 aromatic rings. The molecule has 170 valence electrons. The van der Waals surface area contributed by atoms with E-state index in [4.69, 9.17) is 20.5 Å². The number of carbonyl (C=O) groups is 1. The van der Waals surface area contributed by atoms with Crippen molar-refractivity contribution in [2.45, 2.75) is 33.3 Å². The second kappa shape index (κ2) is 9.85. The van der Waals surface area contributed by atoms with Gasteiger partial charge in [0.05, 0.1) is 5.52 Å². The summed E-state index contributed by atoms with van der Waals surface area (Å²) in [6, 6.07) is 18.4. The van der Waals surface area contributed by atoms with Gasteiger partial charge in [-0.25, -0.2) is 14.8 Å². The summed E-state index contributed by atoms with van der Waals surface area (Å²) in [7, 11) is -1.64. The molecular formula is C24H27BN4O4. The van der Waals surface area contributed by atoms with E-state index in [1.807, 2.05) is 37.3 Å². The van der Waals surface area contributed by atoms with E-state index in [2.05, 4.69) is 21.4 Å². The van der Waals surface area contributed by atoms with Crippen LogP contribution in [0.25, 0.3) is 21.8 Å². The average Bonchev–Trinajstić information content (AvgIpc) is 2.73. The molecule has 5 N–H and O–H groups in total. The standard InChI is InChI=1S/C13H11N3.C11H16BNO4/c1-8-6-7-10-9-4-2-3-5-11(9)16-13(14)12(10)15-8;1-11(2,3)17-10(14)13-9-7-5-4-6-8(9)12(15)16/h2-7H,1H3,(H2,14,16);4-7,15-16H,1-3H3,(H,13,14). The molecule has 9 heteroatoms. The number of amides is 1. The number of fused-ring (bicyclic) bond motifs is 3. The molecule has 1 amide bonds. The number of hydrogen-bond donors (Lipinski definition) is 4. The first-order chi connectivity index (χ1) is 15.5. The van der Waals surface area contributed by atoms with Gasteiger partial charge >= 0.3 is 13.2 Å². The van der Waals surface area contributed by atoms with Gasteiger partial charge in [-0.05, 0) is 45.9 Å². The number of benzene rings is 2. The highest BCUT2D eigenvalue weighted by molar-refractivity contribution is 6.60. The number of para-hydroxylation sites is 2. The number of aromatic nitrogens is 2. The topological polar surface area (TPSA) is 131 Å². The maximum absolute atomic E-state index is 11.5. The molecule has 0 aliphatic heterocycles. The zero-order valence-corrected chi connectivity index (χ0v) is 19.0. The summed E-state index contributed by atoms with van der Waals surface area (Å²) < 4.78 is 5.06. The SMILES string of the molecule is CC(C)(C)OC(=O)Nc1ccccc1B(O)O.Cc1ccc2c(n1)c(N)nc1ccccc12. The maximum Gasteiger partial charge on any atom is 0.490 e. The van der Waals surface area contributed by atoms with Crippen LogP contribution in [0.3, 0.4) is 0 Å². The first kappa shape index (κ1) is 24.0. The van der Waals surface area contributed by atoms with Crippen LogP contribution in [0.1, 0.15) is 26.5 Å². The van der Waals surface area contributed by atoms with E-state index < -0.39 is 18.8 Å². The Bertz CT molecular complexity index is 1290. The number of nitrogen functional groups attached to an aromatic ring is 1. The third kappa shape index (κ3) is 6.18. The van der Waals surface area contributed by atoms with E-state index in [0.29, 0.717) is 11.5 Å². The number of aryl methyl sites for hydroxylation is 1. The van der Waals surface area contributed by atoms with Crippen LogP contribution in [0.5, 0.6) is 0 Å². The molecule has 0 aliphatic rings. The molecule has 0 saturated carbocycles. The van der Waals surface area contributed by atoms with Crippen molar-refractivity contribution in [1.82, 2.24) is 9.97 Å². The summed E-state index contributed by atoms with van der Waals surface area (Å²) >= 11 is 0. The predicted molar refractivity (Wildman–Crippen MR) is 132 cm³/mol. The molecule has 0 unspecified atom stereocenters. The fourth-order valence-electron chi connectivity index (χ4n) is 3.20. The number of ether oxygens (including phenoxy) is 1. The normalized spacial score (nSPS) is 11.0. The Morgan fingerprint density at radius 1 is 0.970 bits per heavy atom. The van der Waals surface area contributed by atoms with Gasteiger partial charge < -0.3 is 20.5 Å². The highest BCUT2D eigenvalue weighted by Gasteiger charge is 2.20. The third-order valence-corrected chi connectivity index (χ3v) is 4.59. The van der Waals surface area contributed by atoms with Crippen LogP contribution in [0.4, 0.5) is 16.3 Å². The van der Waals surface area contributed by atoms with Gasteiger partial charge in [0.25, 0.3) is 0 Å². The van der Waals surface area contributed by atoms with Gasteiger partial charge in [0.15, 0.2) is 5.82 Å². The van der Waals surface area contributed by atoms with E-state index in [-0.39, 0.29) is 5.46 Å². The number of nitrogens with zero attached hydrogens (tertiary/aromatic N) is 2. The second-order valence-electron chi connectivity index (χ2n) is 8.45. The lowest BCUT2D eigenvalue weighted by atomic mass is 9.79. The van der Waals surface area contributed by atoms with Crippen LogP contribution in [-0.4, -0.2) is 38.8 Å². The molecule has 0 atom stereocenters. The fourth-order valence-corrected chi connectivity index (χ4v) is 3.20. The second-order valence-corrected chi connectivity index (χ2v) is 8.45. The van der Waals surface area contributed by atoms with Gasteiger partial charge in [-0.15, -0.1) is 0 Å². The monoisotopic (exact) mass is 446 g/mol. The molecule has 33 heavy (non-hydrogen) atoms. The minimum atomic E-state index is -1.64. The number of hydrogen-bond acceptors (Lipinski definition) is 7. The van der Waals surface area contributed by atoms with E-state index >= 15 is 0 Å². The van der Waals surface area contributed by atoms with Crippen molar-refractivity contribution in [1.29, 1.82) is 0 Å². The Morgan fingerprint density at radius 2 is 1.64 bits per heavy atom. The lowest BCUT2D eigenvalue weighted by molar-refractivity contribution is 0.0636. The molecule has 0 spiro atoms. The quantitative estimate of drug-likeness (QED) is 0.274. The number of carbonyl (C=O) groups excluding carboxylic acids is 1. The number of rotatable bonds is 2. The molecule has 0 fully saturated rings. The van der Waals surface area contributed by atoms with Crippen molar-refractivity contribution in [2.75, 3.05) is 11.1 Å². The minimum absolute atomic E-state index is 0.221. The Labute approximate surface area is 192 Å². The largest absolute Gasteiger partial charge is 0.490 e. The molecule has 4 rings (SSSR count). The highest BCUT2D eigenvalue weighted by atomic mass is 16.6. The molecule has 2 aromatic heterocycles. The van der Waals surface area contributed by atoms with Gasteiger partial charge in [0, 0.05) is 27.6 Å². The Morgan fingerprint density at radius 3 is 2.33 bits per heavy atom. The zero-order valence-electron chi connectivity index (χ0n) is 19.0. The number of pyridine rings is 2. The van der Waals surface area contributed by atoms with Crippen molar-refractivity contribution in [3.05, 3.63) is 66.4 Å². The number of nitrogens with one attached hydrogen (secondary N) is 1. The summed E-state index contributed by atoms with van der Waals surface area (Å²) in [5.74, 6) is 0.498. The maximum atomic E-state index is 11.5. The lowest BCUT2D eigenvalue weighted by Gasteiger charge is -2.20. The zero-order chi connectivity index (χ0) is 24.2. The van der Waals surface area contributed by atoms with Crippen molar-refractivity contribution in [3.63, 3.8) is 0 Å². The Balaban J connectivity index is 0.000000186. The predicted octanol–water partition coefficient (Wildman–Crippen LogP) is 3.39. The van der Waals surface area contributed by atoms with Crippen LogP contribution >= 0.6 is 0 Å². The molecule has 0 aliphatic carbocycles. The van der Waals surface area contributed by atoms with Crippen molar-refractivity contribution in [2.24, 2.45) is 0 Å². The van der Waals surface area contributed by atoms with E-state index in [0.717, 1.165) is 27.5 Å². The van der Waals surface area contributed by atoms with E-state index in [9.17, 15) is 4.79 Å². The van der Waals surface area contributed by atoms with Gasteiger partial charge in [0.1, 0.15) is 11.1 Å². The van der Waals surface area contributed by atoms with Crippen molar-refractivity contribution >= 4 is 52.0 Å². The molecule has 0 saturated heterocycles. The molecule has 2 aromatic carbocycles. The molecule has 8 nitrogen and oxygen atoms in total. The summed E-state index contributed by atoms with van der Waals surface area (Å²) in [5, 5.41) is 22.9. The van der Waals surface area contributed by atoms with Crippen LogP contribution in [-0.2, 0) is 4.74 Å². The molecule has 0 bridgehead atoms. The third-order valence-electron chi connectivity index (χ3n) is 4.59. The average molecular weight is 446 g/mol. The summed E-state index contributed by atoms with van der Waals surface area (Å²) in [6.45, 7) is 7.20. The number of anilines is 2. The first-order valence-electron chi connectivity index (χ1n) is 10.4. The first-order valence-corrected chi connectivity index (χ1v) is 10.4. The van der Waals surface area contributed by atoms with Gasteiger partial charge in [-0.2, -0.15) is 0 Å². The van der Waals surface area contributed by atoms with E-state index in [1.54, 1.807) is 39.0 Å². The molecule has 0 radical (unpaired) electrons. The summed E-state index contributed by atoms with van der Waals surface area (Å²) in [5.41, 5.74) is 8.51. The van der Waals surface area contributed by atoms with Crippen LogP contribution < -0.4 is 16.5 Å². The van der Waals surface area contributed by atoms with E-state index in [1.165, 1.54) is 6.07 Å². The van der Waals surface area contributed by atoms with Gasteiger partial charge in [-0.3, -0.25) is 5.32 Å². The fraction of sp³-hybridized carbons (Fsp3) is 0.208. The summed E-state index contributed by atoms with van der Waals surface area (Å²) in [4.78, 5) is 20.3. The Hall–Kier alpha value is -3.69. The van der Waals surface area contributed by atoms with Crippen LogP contribution in [0.2, 0.25) is 0 Å². The molecular weight excluding hydrogens is 419 g/mol. The van der Waals surface area contributed by atoms with Gasteiger partial charge in [-0.1, -0.05) is 42.5 Å². The highest BCUT2D eigenvalue weighted by Crippen LogP contribution is 2.26.